The van der Waals surface area contributed by atoms with Crippen molar-refractivity contribution < 1.29 is 4.43 Å². The second-order valence-electron chi connectivity index (χ2n) is 4.69. The first kappa shape index (κ1) is 11.2. The van der Waals surface area contributed by atoms with Gasteiger partial charge in [0, 0.05) is 6.10 Å². The van der Waals surface area contributed by atoms with E-state index in [0.29, 0.717) is 5.04 Å². The fraction of sp³-hybridized carbons (Fsp3) is 0.889. The van der Waals surface area contributed by atoms with E-state index in [1.807, 2.05) is 6.92 Å². The Labute approximate surface area is 72.3 Å². The number of hydrogen-bond acceptors (Lipinski definition) is 1. The summed E-state index contributed by atoms with van der Waals surface area (Å²) in [6.45, 7) is 17.1. The monoisotopic (exact) mass is 173 g/mol. The van der Waals surface area contributed by atoms with Gasteiger partial charge in [-0.2, -0.15) is 0 Å². The van der Waals surface area contributed by atoms with Crippen LogP contribution in [-0.4, -0.2) is 14.4 Å². The highest BCUT2D eigenvalue weighted by Gasteiger charge is 2.37. The summed E-state index contributed by atoms with van der Waals surface area (Å²) < 4.78 is 5.83. The van der Waals surface area contributed by atoms with E-state index in [4.69, 9.17) is 4.43 Å². The quantitative estimate of drug-likeness (QED) is 0.583. The van der Waals surface area contributed by atoms with Gasteiger partial charge in [-0.15, -0.1) is 0 Å². The van der Waals surface area contributed by atoms with Gasteiger partial charge in [-0.05, 0) is 32.0 Å². The van der Waals surface area contributed by atoms with Crippen LogP contribution >= 0.6 is 0 Å². The van der Waals surface area contributed by atoms with Crippen molar-refractivity contribution in [2.45, 2.75) is 51.9 Å². The molecule has 0 unspecified atom stereocenters. The van der Waals surface area contributed by atoms with Gasteiger partial charge in [-0.1, -0.05) is 20.8 Å². The molecule has 0 fully saturated rings. The van der Waals surface area contributed by atoms with Crippen molar-refractivity contribution in [3.63, 3.8) is 0 Å². The zero-order valence-electron chi connectivity index (χ0n) is 8.69. The van der Waals surface area contributed by atoms with Crippen LogP contribution in [0.1, 0.15) is 27.7 Å². The lowest BCUT2D eigenvalue weighted by Crippen LogP contribution is -2.42. The van der Waals surface area contributed by atoms with Gasteiger partial charge < -0.3 is 4.43 Å². The zero-order valence-corrected chi connectivity index (χ0v) is 9.69. The van der Waals surface area contributed by atoms with Crippen molar-refractivity contribution in [1.29, 1.82) is 0 Å². The fourth-order valence-corrected chi connectivity index (χ4v) is 2.04. The molecule has 0 rings (SSSR count). The van der Waals surface area contributed by atoms with E-state index in [-0.39, 0.29) is 6.10 Å². The van der Waals surface area contributed by atoms with Gasteiger partial charge in [-0.25, -0.2) is 0 Å². The second kappa shape index (κ2) is 3.28. The van der Waals surface area contributed by atoms with Crippen LogP contribution in [0.15, 0.2) is 0 Å². The molecule has 0 aromatic carbocycles. The van der Waals surface area contributed by atoms with Gasteiger partial charge in [-0.3, -0.25) is 0 Å². The summed E-state index contributed by atoms with van der Waals surface area (Å²) in [5.41, 5.74) is 0. The van der Waals surface area contributed by atoms with Gasteiger partial charge in [0.15, 0.2) is 8.32 Å². The van der Waals surface area contributed by atoms with E-state index >= 15 is 0 Å². The first-order valence-electron chi connectivity index (χ1n) is 4.18. The Morgan fingerprint density at radius 2 is 1.64 bits per heavy atom. The minimum absolute atomic E-state index is 0.121. The molecular formula is C9H21OSi. The molecule has 0 saturated heterocycles. The molecular weight excluding hydrogens is 152 g/mol. The Morgan fingerprint density at radius 3 is 1.73 bits per heavy atom. The van der Waals surface area contributed by atoms with Gasteiger partial charge in [0.05, 0.1) is 0 Å². The normalized spacial score (nSPS) is 14.2. The van der Waals surface area contributed by atoms with E-state index < -0.39 is 8.32 Å². The van der Waals surface area contributed by atoms with Crippen LogP contribution in [0.25, 0.3) is 0 Å². The lowest BCUT2D eigenvalue weighted by Gasteiger charge is -2.37. The van der Waals surface area contributed by atoms with Crippen LogP contribution in [0.4, 0.5) is 0 Å². The number of rotatable bonds is 2. The molecule has 0 aliphatic carbocycles. The molecule has 0 N–H and O–H groups in total. The third-order valence-corrected chi connectivity index (χ3v) is 6.91. The van der Waals surface area contributed by atoms with Crippen LogP contribution in [0.5, 0.6) is 0 Å². The van der Waals surface area contributed by atoms with E-state index in [9.17, 15) is 0 Å². The average molecular weight is 173 g/mol. The van der Waals surface area contributed by atoms with Gasteiger partial charge >= 0.3 is 0 Å². The van der Waals surface area contributed by atoms with Crippen LogP contribution in [0.2, 0.25) is 18.1 Å². The molecule has 1 nitrogen and oxygen atoms in total. The van der Waals surface area contributed by atoms with Gasteiger partial charge in [0.25, 0.3) is 0 Å². The summed E-state index contributed by atoms with van der Waals surface area (Å²) >= 11 is 0. The van der Waals surface area contributed by atoms with E-state index in [1.165, 1.54) is 0 Å². The SMILES string of the molecule is [CH2][C@H](C)O[Si](C)(C)C(C)(C)C. The lowest BCUT2D eigenvalue weighted by atomic mass is 10.2. The third kappa shape index (κ3) is 3.39. The first-order chi connectivity index (χ1) is 4.67. The van der Waals surface area contributed by atoms with E-state index in [0.717, 1.165) is 0 Å². The molecule has 0 saturated carbocycles. The standard InChI is InChI=1S/C9H21OSi/c1-8(2)10-11(6,7)9(3,4)5/h8H,1H2,2-7H3/t8-/m1/s1. The Kier molecular flexibility index (Phi) is 3.33. The van der Waals surface area contributed by atoms with Crippen molar-refractivity contribution in [3.8, 4) is 0 Å². The molecule has 2 heteroatoms. The molecule has 0 aliphatic rings. The Hall–Kier alpha value is 0.177. The third-order valence-electron chi connectivity index (χ3n) is 2.30. The smallest absolute Gasteiger partial charge is 0.192 e. The predicted octanol–water partition coefficient (Wildman–Crippen LogP) is 3.23. The molecule has 0 aromatic rings. The lowest BCUT2D eigenvalue weighted by molar-refractivity contribution is 0.241. The maximum atomic E-state index is 5.83. The molecule has 67 valence electrons. The summed E-state index contributed by atoms with van der Waals surface area (Å²) in [5, 5.41) is 0.305. The van der Waals surface area contributed by atoms with Crippen molar-refractivity contribution >= 4 is 8.32 Å². The highest BCUT2D eigenvalue weighted by molar-refractivity contribution is 6.74. The van der Waals surface area contributed by atoms with Crippen LogP contribution < -0.4 is 0 Å². The van der Waals surface area contributed by atoms with Gasteiger partial charge in [0.2, 0.25) is 0 Å². The second-order valence-corrected chi connectivity index (χ2v) is 9.45. The Balaban J connectivity index is 4.22. The average Bonchev–Trinajstić information content (AvgIpc) is 1.56. The minimum atomic E-state index is -1.53. The molecule has 0 heterocycles. The van der Waals surface area contributed by atoms with Gasteiger partial charge in [0.1, 0.15) is 0 Å². The summed E-state index contributed by atoms with van der Waals surface area (Å²) in [7, 11) is -1.53. The summed E-state index contributed by atoms with van der Waals surface area (Å²) in [5.74, 6) is 0. The van der Waals surface area contributed by atoms with Crippen molar-refractivity contribution in [2.75, 3.05) is 0 Å². The topological polar surface area (TPSA) is 9.23 Å². The zero-order chi connectivity index (χ0) is 9.28. The molecule has 11 heavy (non-hydrogen) atoms. The fourth-order valence-electron chi connectivity index (χ4n) is 0.680. The molecule has 0 aliphatic heterocycles. The van der Waals surface area contributed by atoms with E-state index in [2.05, 4.69) is 40.8 Å². The van der Waals surface area contributed by atoms with E-state index in [1.54, 1.807) is 0 Å². The molecule has 0 aromatic heterocycles. The van der Waals surface area contributed by atoms with Crippen LogP contribution in [-0.2, 0) is 4.43 Å². The molecule has 1 radical (unpaired) electrons. The summed E-state index contributed by atoms with van der Waals surface area (Å²) in [4.78, 5) is 0. The Morgan fingerprint density at radius 1 is 1.27 bits per heavy atom. The number of hydrogen-bond donors (Lipinski definition) is 0. The maximum absolute atomic E-state index is 5.83. The summed E-state index contributed by atoms with van der Waals surface area (Å²) in [6, 6.07) is 0. The minimum Gasteiger partial charge on any atom is -0.414 e. The largest absolute Gasteiger partial charge is 0.414 e. The van der Waals surface area contributed by atoms with Crippen molar-refractivity contribution in [3.05, 3.63) is 6.92 Å². The van der Waals surface area contributed by atoms with Crippen molar-refractivity contribution in [1.82, 2.24) is 0 Å². The predicted molar refractivity (Wildman–Crippen MR) is 53.1 cm³/mol. The molecule has 0 spiro atoms. The van der Waals surface area contributed by atoms with Crippen LogP contribution in [0.3, 0.4) is 0 Å². The highest BCUT2D eigenvalue weighted by atomic mass is 28.4. The molecule has 0 amide bonds. The Bertz CT molecular complexity index is 122. The van der Waals surface area contributed by atoms with Crippen LogP contribution in [0, 0.1) is 6.92 Å². The molecule has 0 bridgehead atoms. The van der Waals surface area contributed by atoms with Crippen molar-refractivity contribution in [2.24, 2.45) is 0 Å². The maximum Gasteiger partial charge on any atom is 0.192 e. The summed E-state index contributed by atoms with van der Waals surface area (Å²) in [6.07, 6.45) is 0.121. The molecule has 1 atom stereocenters. The highest BCUT2D eigenvalue weighted by Crippen LogP contribution is 2.37. The first-order valence-corrected chi connectivity index (χ1v) is 7.08.